The second kappa shape index (κ2) is 5.93. The van der Waals surface area contributed by atoms with Crippen LogP contribution in [0.2, 0.25) is 0 Å². The summed E-state index contributed by atoms with van der Waals surface area (Å²) in [6, 6.07) is 0.531. The zero-order valence-corrected chi connectivity index (χ0v) is 12.4. The van der Waals surface area contributed by atoms with E-state index in [1.807, 2.05) is 23.6 Å². The van der Waals surface area contributed by atoms with Crippen molar-refractivity contribution in [2.45, 2.75) is 84.0 Å². The van der Waals surface area contributed by atoms with Crippen molar-refractivity contribution in [3.05, 3.63) is 0 Å². The fraction of sp³-hybridized carbons (Fsp3) is 0.867. The minimum atomic E-state index is -0.00648. The molecule has 0 bridgehead atoms. The van der Waals surface area contributed by atoms with Gasteiger partial charge < -0.3 is 9.80 Å². The predicted molar refractivity (Wildman–Crippen MR) is 74.4 cm³/mol. The van der Waals surface area contributed by atoms with Crippen molar-refractivity contribution in [2.75, 3.05) is 0 Å². The van der Waals surface area contributed by atoms with E-state index in [2.05, 4.69) is 6.92 Å². The summed E-state index contributed by atoms with van der Waals surface area (Å²) < 4.78 is 0. The second-order valence-corrected chi connectivity index (χ2v) is 5.62. The average Bonchev–Trinajstić information content (AvgIpc) is 2.79. The van der Waals surface area contributed by atoms with Gasteiger partial charge in [-0.25, -0.2) is 0 Å². The smallest absolute Gasteiger partial charge is 0.224 e. The minimum Gasteiger partial charge on any atom is -0.317 e. The lowest BCUT2D eigenvalue weighted by Crippen LogP contribution is -2.45. The molecule has 108 valence electrons. The normalized spacial score (nSPS) is 27.5. The Morgan fingerprint density at radius 2 is 1.32 bits per heavy atom. The van der Waals surface area contributed by atoms with E-state index in [-0.39, 0.29) is 30.1 Å². The number of hydrogen-bond acceptors (Lipinski definition) is 2. The van der Waals surface area contributed by atoms with Gasteiger partial charge >= 0.3 is 0 Å². The van der Waals surface area contributed by atoms with E-state index in [4.69, 9.17) is 0 Å². The van der Waals surface area contributed by atoms with Crippen LogP contribution < -0.4 is 0 Å². The zero-order valence-electron chi connectivity index (χ0n) is 12.4. The van der Waals surface area contributed by atoms with E-state index in [9.17, 15) is 9.59 Å². The van der Waals surface area contributed by atoms with Crippen LogP contribution in [0, 0.1) is 0 Å². The molecule has 0 aromatic heterocycles. The fourth-order valence-electron chi connectivity index (χ4n) is 3.78. The fourth-order valence-corrected chi connectivity index (χ4v) is 3.78. The minimum absolute atomic E-state index is 0.00648. The van der Waals surface area contributed by atoms with Gasteiger partial charge in [0.15, 0.2) is 0 Å². The molecule has 0 aromatic rings. The molecule has 1 aliphatic carbocycles. The summed E-state index contributed by atoms with van der Waals surface area (Å²) in [7, 11) is 0. The van der Waals surface area contributed by atoms with Crippen molar-refractivity contribution >= 4 is 11.8 Å². The van der Waals surface area contributed by atoms with Crippen molar-refractivity contribution in [1.29, 1.82) is 0 Å². The third kappa shape index (κ3) is 2.37. The highest BCUT2D eigenvalue weighted by Gasteiger charge is 2.49. The summed E-state index contributed by atoms with van der Waals surface area (Å²) in [5, 5.41) is 0. The standard InChI is InChI=1S/C15H26N2O2/c1-4-13-16(14(18)5-2)11-9-7-8-10-12(11)17(13)15(19)6-3/h11-13H,4-10H2,1-3H3/t11-,12-/m0/s1. The Bertz CT molecular complexity index is 324. The Morgan fingerprint density at radius 3 is 1.63 bits per heavy atom. The van der Waals surface area contributed by atoms with Crippen molar-refractivity contribution in [1.82, 2.24) is 9.80 Å². The predicted octanol–water partition coefficient (Wildman–Crippen LogP) is 2.52. The van der Waals surface area contributed by atoms with Gasteiger partial charge in [0.1, 0.15) is 6.17 Å². The highest BCUT2D eigenvalue weighted by atomic mass is 16.2. The summed E-state index contributed by atoms with van der Waals surface area (Å²) in [5.74, 6) is 0.408. The van der Waals surface area contributed by atoms with Gasteiger partial charge in [-0.2, -0.15) is 0 Å². The van der Waals surface area contributed by atoms with Gasteiger partial charge in [-0.15, -0.1) is 0 Å². The molecule has 0 N–H and O–H groups in total. The van der Waals surface area contributed by atoms with Crippen molar-refractivity contribution in [3.8, 4) is 0 Å². The summed E-state index contributed by atoms with van der Waals surface area (Å²) in [4.78, 5) is 28.6. The van der Waals surface area contributed by atoms with E-state index in [0.717, 1.165) is 19.3 Å². The molecule has 19 heavy (non-hydrogen) atoms. The lowest BCUT2D eigenvalue weighted by atomic mass is 9.90. The summed E-state index contributed by atoms with van der Waals surface area (Å²) in [5.41, 5.74) is 0. The van der Waals surface area contributed by atoms with Gasteiger partial charge in [0.2, 0.25) is 11.8 Å². The number of carbonyl (C=O) groups is 2. The third-order valence-electron chi connectivity index (χ3n) is 4.60. The molecule has 2 fully saturated rings. The molecule has 0 spiro atoms. The van der Waals surface area contributed by atoms with Crippen LogP contribution in [-0.2, 0) is 9.59 Å². The van der Waals surface area contributed by atoms with Gasteiger partial charge in [-0.3, -0.25) is 9.59 Å². The molecular formula is C15H26N2O2. The van der Waals surface area contributed by atoms with Crippen LogP contribution >= 0.6 is 0 Å². The number of carbonyl (C=O) groups excluding carboxylic acids is 2. The van der Waals surface area contributed by atoms with Crippen LogP contribution in [0.1, 0.15) is 65.7 Å². The Kier molecular flexibility index (Phi) is 4.48. The molecule has 4 heteroatoms. The Hall–Kier alpha value is -1.06. The first-order valence-corrected chi connectivity index (χ1v) is 7.77. The Labute approximate surface area is 116 Å². The summed E-state index contributed by atoms with van der Waals surface area (Å²) in [6.45, 7) is 5.91. The number of hydrogen-bond donors (Lipinski definition) is 0. The van der Waals surface area contributed by atoms with E-state index < -0.39 is 0 Å². The lowest BCUT2D eigenvalue weighted by Gasteiger charge is -2.31. The maximum absolute atomic E-state index is 12.3. The monoisotopic (exact) mass is 266 g/mol. The van der Waals surface area contributed by atoms with Gasteiger partial charge in [-0.1, -0.05) is 33.6 Å². The Morgan fingerprint density at radius 1 is 0.895 bits per heavy atom. The number of fused-ring (bicyclic) bond motifs is 1. The molecule has 2 amide bonds. The molecule has 2 atom stereocenters. The molecule has 0 aromatic carbocycles. The van der Waals surface area contributed by atoms with Crippen LogP contribution in [-0.4, -0.2) is 39.9 Å². The largest absolute Gasteiger partial charge is 0.317 e. The molecule has 1 aliphatic heterocycles. The van der Waals surface area contributed by atoms with Crippen LogP contribution in [0.15, 0.2) is 0 Å². The summed E-state index contributed by atoms with van der Waals surface area (Å²) in [6.07, 6.45) is 6.37. The second-order valence-electron chi connectivity index (χ2n) is 5.62. The van der Waals surface area contributed by atoms with Gasteiger partial charge in [0.05, 0.1) is 12.1 Å². The van der Waals surface area contributed by atoms with Crippen LogP contribution in [0.3, 0.4) is 0 Å². The zero-order chi connectivity index (χ0) is 14.0. The first-order chi connectivity index (χ1) is 9.15. The van der Waals surface area contributed by atoms with Crippen molar-refractivity contribution < 1.29 is 9.59 Å². The third-order valence-corrected chi connectivity index (χ3v) is 4.60. The first-order valence-electron chi connectivity index (χ1n) is 7.77. The molecule has 1 saturated carbocycles. The van der Waals surface area contributed by atoms with E-state index in [1.165, 1.54) is 12.8 Å². The van der Waals surface area contributed by atoms with Crippen LogP contribution in [0.25, 0.3) is 0 Å². The topological polar surface area (TPSA) is 40.6 Å². The lowest BCUT2D eigenvalue weighted by molar-refractivity contribution is -0.139. The van der Waals surface area contributed by atoms with Crippen molar-refractivity contribution in [2.24, 2.45) is 0 Å². The van der Waals surface area contributed by atoms with Crippen molar-refractivity contribution in [3.63, 3.8) is 0 Å². The maximum atomic E-state index is 12.3. The highest BCUT2D eigenvalue weighted by molar-refractivity contribution is 5.81. The van der Waals surface area contributed by atoms with E-state index in [0.29, 0.717) is 12.8 Å². The van der Waals surface area contributed by atoms with E-state index >= 15 is 0 Å². The molecular weight excluding hydrogens is 240 g/mol. The van der Waals surface area contributed by atoms with Crippen LogP contribution in [0.5, 0.6) is 0 Å². The summed E-state index contributed by atoms with van der Waals surface area (Å²) >= 11 is 0. The van der Waals surface area contributed by atoms with Gasteiger partial charge in [-0.05, 0) is 19.3 Å². The number of amides is 2. The van der Waals surface area contributed by atoms with Crippen LogP contribution in [0.4, 0.5) is 0 Å². The molecule has 0 unspecified atom stereocenters. The molecule has 2 rings (SSSR count). The molecule has 1 saturated heterocycles. The quantitative estimate of drug-likeness (QED) is 0.787. The number of rotatable bonds is 3. The van der Waals surface area contributed by atoms with Gasteiger partial charge in [0, 0.05) is 12.8 Å². The number of nitrogens with zero attached hydrogens (tertiary/aromatic N) is 2. The molecule has 2 aliphatic rings. The molecule has 4 nitrogen and oxygen atoms in total. The SMILES string of the molecule is CCC(=O)N1C(CC)N(C(=O)CC)[C@H]2CCCC[C@@H]21. The average molecular weight is 266 g/mol. The maximum Gasteiger partial charge on any atom is 0.224 e. The first kappa shape index (κ1) is 14.4. The molecule has 1 heterocycles. The molecule has 0 radical (unpaired) electrons. The van der Waals surface area contributed by atoms with Gasteiger partial charge in [0.25, 0.3) is 0 Å². The Balaban J connectivity index is 2.32. The van der Waals surface area contributed by atoms with E-state index in [1.54, 1.807) is 0 Å². The highest BCUT2D eigenvalue weighted by Crippen LogP contribution is 2.38.